The smallest absolute Gasteiger partial charge is 0.249 e. The summed E-state index contributed by atoms with van der Waals surface area (Å²) in [7, 11) is 1.77. The third-order valence-corrected chi connectivity index (χ3v) is 2.83. The number of rotatable bonds is 0. The van der Waals surface area contributed by atoms with Crippen LogP contribution in [0.4, 0.5) is 0 Å². The molecule has 0 saturated heterocycles. The van der Waals surface area contributed by atoms with Gasteiger partial charge in [0.15, 0.2) is 5.43 Å². The molecule has 5 nitrogen and oxygen atoms in total. The van der Waals surface area contributed by atoms with Crippen molar-refractivity contribution >= 4 is 22.1 Å². The van der Waals surface area contributed by atoms with E-state index < -0.39 is 0 Å². The maximum Gasteiger partial charge on any atom is 0.249 e. The molecule has 0 saturated carbocycles. The molecule has 17 heavy (non-hydrogen) atoms. The number of pyridine rings is 3. The molecule has 84 valence electrons. The zero-order chi connectivity index (χ0) is 12.0. The summed E-state index contributed by atoms with van der Waals surface area (Å²) in [6.07, 6.45) is 1.62. The van der Waals surface area contributed by atoms with Crippen LogP contribution in [0.2, 0.25) is 0 Å². The summed E-state index contributed by atoms with van der Waals surface area (Å²) in [6, 6.07) is 6.35. The zero-order valence-electron chi connectivity index (χ0n) is 9.10. The second-order valence-electron chi connectivity index (χ2n) is 3.85. The van der Waals surface area contributed by atoms with Crippen LogP contribution in [0.5, 0.6) is 0 Å². The van der Waals surface area contributed by atoms with Crippen molar-refractivity contribution in [1.82, 2.24) is 14.5 Å². The zero-order valence-corrected chi connectivity index (χ0v) is 9.10. The molecule has 3 aromatic rings. The number of aromatic amines is 1. The predicted molar refractivity (Wildman–Crippen MR) is 65.1 cm³/mol. The first-order valence-electron chi connectivity index (χ1n) is 5.15. The molecule has 0 radical (unpaired) electrons. The molecule has 1 N–H and O–H groups in total. The molecular formula is C12H9N3O2. The summed E-state index contributed by atoms with van der Waals surface area (Å²) in [4.78, 5) is 30.3. The van der Waals surface area contributed by atoms with Crippen molar-refractivity contribution in [1.29, 1.82) is 0 Å². The number of nitrogens with one attached hydrogen (secondary N) is 1. The van der Waals surface area contributed by atoms with E-state index in [1.807, 2.05) is 0 Å². The number of fused-ring (bicyclic) bond motifs is 2. The van der Waals surface area contributed by atoms with Gasteiger partial charge in [-0.15, -0.1) is 0 Å². The molecule has 0 aliphatic heterocycles. The number of nitrogens with zero attached hydrogens (tertiary/aromatic N) is 2. The fourth-order valence-corrected chi connectivity index (χ4v) is 2.00. The van der Waals surface area contributed by atoms with Gasteiger partial charge in [0.1, 0.15) is 11.3 Å². The van der Waals surface area contributed by atoms with Gasteiger partial charge in [-0.05, 0) is 18.2 Å². The maximum atomic E-state index is 12.2. The molecule has 0 unspecified atom stereocenters. The van der Waals surface area contributed by atoms with Crippen LogP contribution in [0.15, 0.2) is 40.1 Å². The van der Waals surface area contributed by atoms with E-state index in [0.717, 1.165) is 0 Å². The summed E-state index contributed by atoms with van der Waals surface area (Å²) < 4.78 is 1.72. The fraction of sp³-hybridized carbons (Fsp3) is 0.0833. The minimum absolute atomic E-state index is 0.113. The van der Waals surface area contributed by atoms with Crippen LogP contribution >= 0.6 is 0 Å². The van der Waals surface area contributed by atoms with E-state index >= 15 is 0 Å². The van der Waals surface area contributed by atoms with Gasteiger partial charge in [0, 0.05) is 19.3 Å². The van der Waals surface area contributed by atoms with Crippen molar-refractivity contribution in [3.8, 4) is 0 Å². The van der Waals surface area contributed by atoms with E-state index in [1.54, 1.807) is 36.0 Å². The van der Waals surface area contributed by atoms with Gasteiger partial charge >= 0.3 is 0 Å². The molecule has 0 aromatic carbocycles. The van der Waals surface area contributed by atoms with Crippen LogP contribution in [-0.4, -0.2) is 14.5 Å². The molecule has 0 aliphatic rings. The van der Waals surface area contributed by atoms with E-state index in [0.29, 0.717) is 22.1 Å². The highest BCUT2D eigenvalue weighted by Crippen LogP contribution is 2.12. The Kier molecular flexibility index (Phi) is 1.89. The normalized spacial score (nSPS) is 11.1. The van der Waals surface area contributed by atoms with Gasteiger partial charge in [-0.25, -0.2) is 4.98 Å². The standard InChI is InChI=1S/C12H9N3O2/c1-15-11-7(3-2-6-13-11)10(17)8-4-5-9(16)14-12(8)15/h2-6H,1H3,(H,14,16). The summed E-state index contributed by atoms with van der Waals surface area (Å²) >= 11 is 0. The Bertz CT molecular complexity index is 846. The minimum atomic E-state index is -0.234. The third-order valence-electron chi connectivity index (χ3n) is 2.83. The molecule has 0 bridgehead atoms. The lowest BCUT2D eigenvalue weighted by molar-refractivity contribution is 0.949. The molecule has 3 rings (SSSR count). The molecule has 0 aliphatic carbocycles. The summed E-state index contributed by atoms with van der Waals surface area (Å²) in [6.45, 7) is 0. The lowest BCUT2D eigenvalue weighted by Gasteiger charge is -2.07. The number of hydrogen-bond acceptors (Lipinski definition) is 3. The molecule has 3 aromatic heterocycles. The van der Waals surface area contributed by atoms with Crippen molar-refractivity contribution < 1.29 is 0 Å². The predicted octanol–water partition coefficient (Wildman–Crippen LogP) is 0.775. The van der Waals surface area contributed by atoms with Gasteiger partial charge < -0.3 is 9.55 Å². The Hall–Kier alpha value is -2.43. The van der Waals surface area contributed by atoms with Crippen molar-refractivity contribution in [2.45, 2.75) is 0 Å². The van der Waals surface area contributed by atoms with Gasteiger partial charge in [-0.1, -0.05) is 0 Å². The van der Waals surface area contributed by atoms with Crippen molar-refractivity contribution in [2.24, 2.45) is 7.05 Å². The molecular weight excluding hydrogens is 218 g/mol. The van der Waals surface area contributed by atoms with Crippen LogP contribution in [0.1, 0.15) is 0 Å². The monoisotopic (exact) mass is 227 g/mol. The van der Waals surface area contributed by atoms with E-state index in [2.05, 4.69) is 9.97 Å². The third kappa shape index (κ3) is 1.29. The van der Waals surface area contributed by atoms with Gasteiger partial charge in [-0.2, -0.15) is 0 Å². The van der Waals surface area contributed by atoms with E-state index in [1.165, 1.54) is 6.07 Å². The van der Waals surface area contributed by atoms with E-state index in [-0.39, 0.29) is 11.0 Å². The summed E-state index contributed by atoms with van der Waals surface area (Å²) in [5.41, 5.74) is 0.709. The Morgan fingerprint density at radius 2 is 2.00 bits per heavy atom. The Labute approximate surface area is 95.4 Å². The molecule has 5 heteroatoms. The SMILES string of the molecule is Cn1c2ncccc2c(=O)c2ccc(=O)[nH]c21. The molecule has 3 heterocycles. The average molecular weight is 227 g/mol. The van der Waals surface area contributed by atoms with Gasteiger partial charge in [0.05, 0.1) is 10.8 Å². The Morgan fingerprint density at radius 3 is 2.82 bits per heavy atom. The molecule has 0 spiro atoms. The highest BCUT2D eigenvalue weighted by molar-refractivity contribution is 5.89. The number of hydrogen-bond donors (Lipinski definition) is 1. The number of aromatic nitrogens is 3. The fourth-order valence-electron chi connectivity index (χ4n) is 2.00. The highest BCUT2D eigenvalue weighted by atomic mass is 16.1. The number of aryl methyl sites for hydroxylation is 1. The first-order chi connectivity index (χ1) is 8.18. The second kappa shape index (κ2) is 3.28. The van der Waals surface area contributed by atoms with Crippen LogP contribution in [0.25, 0.3) is 22.1 Å². The van der Waals surface area contributed by atoms with Crippen molar-refractivity contribution in [3.05, 3.63) is 51.0 Å². The van der Waals surface area contributed by atoms with Crippen molar-refractivity contribution in [2.75, 3.05) is 0 Å². The Balaban J connectivity index is 2.73. The maximum absolute atomic E-state index is 12.2. The summed E-state index contributed by atoms with van der Waals surface area (Å²) in [5.74, 6) is 0. The van der Waals surface area contributed by atoms with Crippen LogP contribution in [-0.2, 0) is 7.05 Å². The number of H-pyrrole nitrogens is 1. The van der Waals surface area contributed by atoms with Crippen LogP contribution < -0.4 is 11.0 Å². The quantitative estimate of drug-likeness (QED) is 0.577. The van der Waals surface area contributed by atoms with E-state index in [9.17, 15) is 9.59 Å². The molecule has 0 amide bonds. The topological polar surface area (TPSA) is 67.8 Å². The van der Waals surface area contributed by atoms with E-state index in [4.69, 9.17) is 0 Å². The average Bonchev–Trinajstić information content (AvgIpc) is 2.36. The lowest BCUT2D eigenvalue weighted by Crippen LogP contribution is -2.15. The van der Waals surface area contributed by atoms with Crippen LogP contribution in [0, 0.1) is 0 Å². The first kappa shape index (κ1) is 9.77. The summed E-state index contributed by atoms with van der Waals surface area (Å²) in [5, 5.41) is 1.04. The molecule has 0 fully saturated rings. The molecule has 0 atom stereocenters. The lowest BCUT2D eigenvalue weighted by atomic mass is 10.2. The minimum Gasteiger partial charge on any atom is -0.314 e. The highest BCUT2D eigenvalue weighted by Gasteiger charge is 2.09. The van der Waals surface area contributed by atoms with Gasteiger partial charge in [0.2, 0.25) is 5.56 Å². The largest absolute Gasteiger partial charge is 0.314 e. The van der Waals surface area contributed by atoms with Gasteiger partial charge in [-0.3, -0.25) is 9.59 Å². The van der Waals surface area contributed by atoms with Crippen LogP contribution in [0.3, 0.4) is 0 Å². The Morgan fingerprint density at radius 1 is 1.18 bits per heavy atom. The van der Waals surface area contributed by atoms with Crippen molar-refractivity contribution in [3.63, 3.8) is 0 Å². The van der Waals surface area contributed by atoms with Gasteiger partial charge in [0.25, 0.3) is 0 Å². The second-order valence-corrected chi connectivity index (χ2v) is 3.85. The first-order valence-corrected chi connectivity index (χ1v) is 5.15.